The Balaban J connectivity index is 3.49. The summed E-state index contributed by atoms with van der Waals surface area (Å²) in [6, 6.07) is -0.656. The Kier molecular flexibility index (Phi) is 0.720. The maximum absolute atomic E-state index is 13.2. The lowest BCUT2D eigenvalue weighted by Gasteiger charge is -1.92. The lowest BCUT2D eigenvalue weighted by molar-refractivity contribution is 0.608. The normalized spacial score (nSPS) is 19.1. The van der Waals surface area contributed by atoms with Crippen molar-refractivity contribution in [3.8, 4) is 0 Å². The van der Waals surface area contributed by atoms with Gasteiger partial charge < -0.3 is 0 Å². The molecule has 1 rings (SSSR count). The van der Waals surface area contributed by atoms with Crippen LogP contribution in [0.15, 0.2) is 16.7 Å². The zero-order valence-corrected chi connectivity index (χ0v) is 5.79. The fourth-order valence-corrected chi connectivity index (χ4v) is 0.600. The first-order chi connectivity index (χ1) is 6.25. The van der Waals surface area contributed by atoms with Gasteiger partial charge in [-0.05, 0) is 28.8 Å². The SMILES string of the molecule is [2H]c1nc(C([2H])([2H])[2H])c(F)c([2H])c1Br. The van der Waals surface area contributed by atoms with Crippen LogP contribution in [-0.2, 0) is 0 Å². The molecular formula is C6H5BrFN. The van der Waals surface area contributed by atoms with E-state index in [0.717, 1.165) is 0 Å². The summed E-state index contributed by atoms with van der Waals surface area (Å²) in [5, 5.41) is 0. The topological polar surface area (TPSA) is 12.9 Å². The first kappa shape index (κ1) is 2.66. The second kappa shape index (κ2) is 2.43. The van der Waals surface area contributed by atoms with Gasteiger partial charge >= 0.3 is 0 Å². The van der Waals surface area contributed by atoms with E-state index < -0.39 is 30.6 Å². The van der Waals surface area contributed by atoms with Gasteiger partial charge in [0.15, 0.2) is 0 Å². The van der Waals surface area contributed by atoms with Gasteiger partial charge in [0.2, 0.25) is 0 Å². The molecule has 0 aromatic carbocycles. The van der Waals surface area contributed by atoms with Crippen LogP contribution < -0.4 is 0 Å². The molecule has 0 N–H and O–H groups in total. The van der Waals surface area contributed by atoms with Crippen molar-refractivity contribution in [1.29, 1.82) is 0 Å². The summed E-state index contributed by atoms with van der Waals surface area (Å²) in [5.41, 5.74) is -0.837. The molecule has 0 saturated heterocycles. The number of aromatic nitrogens is 1. The number of hydrogen-bond donors (Lipinski definition) is 0. The van der Waals surface area contributed by atoms with Gasteiger partial charge in [0.05, 0.1) is 8.44 Å². The van der Waals surface area contributed by atoms with E-state index in [0.29, 0.717) is 0 Å². The number of aryl methyl sites for hydroxylation is 1. The van der Waals surface area contributed by atoms with Crippen LogP contribution in [0.4, 0.5) is 4.39 Å². The highest BCUT2D eigenvalue weighted by molar-refractivity contribution is 9.10. The fourth-order valence-electron chi connectivity index (χ4n) is 0.338. The molecule has 0 aliphatic carbocycles. The van der Waals surface area contributed by atoms with Crippen LogP contribution in [0.25, 0.3) is 0 Å². The van der Waals surface area contributed by atoms with Crippen LogP contribution in [0, 0.1) is 12.7 Å². The van der Waals surface area contributed by atoms with Gasteiger partial charge in [0.25, 0.3) is 0 Å². The van der Waals surface area contributed by atoms with Crippen LogP contribution in [0.5, 0.6) is 0 Å². The first-order valence-electron chi connectivity index (χ1n) is 4.58. The highest BCUT2D eigenvalue weighted by Gasteiger charge is 1.96. The molecule has 0 atom stereocenters. The minimum absolute atomic E-state index is 0.150. The van der Waals surface area contributed by atoms with Gasteiger partial charge in [0, 0.05) is 14.8 Å². The summed E-state index contributed by atoms with van der Waals surface area (Å²) in [6.45, 7) is -2.74. The molecule has 0 fully saturated rings. The smallest absolute Gasteiger partial charge is 0.145 e. The summed E-state index contributed by atoms with van der Waals surface area (Å²) in [5.74, 6) is -1.21. The molecule has 0 aliphatic rings. The van der Waals surface area contributed by atoms with Crippen LogP contribution in [0.1, 0.15) is 12.5 Å². The van der Waals surface area contributed by atoms with Crippen LogP contribution in [0.3, 0.4) is 0 Å². The van der Waals surface area contributed by atoms with Gasteiger partial charge in [-0.15, -0.1) is 0 Å². The van der Waals surface area contributed by atoms with Crippen LogP contribution >= 0.6 is 15.9 Å². The minimum Gasteiger partial charge on any atom is -0.257 e. The quantitative estimate of drug-likeness (QED) is 0.618. The molecule has 0 saturated carbocycles. The van der Waals surface area contributed by atoms with Crippen LogP contribution in [-0.4, -0.2) is 4.98 Å². The summed E-state index contributed by atoms with van der Waals surface area (Å²) < 4.78 is 48.2. The molecule has 0 unspecified atom stereocenters. The zero-order chi connectivity index (χ0) is 11.1. The Morgan fingerprint density at radius 3 is 3.44 bits per heavy atom. The van der Waals surface area contributed by atoms with E-state index in [1.54, 1.807) is 0 Å². The number of halogens is 2. The summed E-state index contributed by atoms with van der Waals surface area (Å²) in [4.78, 5) is 3.27. The Bertz CT molecular complexity index is 377. The summed E-state index contributed by atoms with van der Waals surface area (Å²) >= 11 is 2.77. The van der Waals surface area contributed by atoms with Crippen LogP contribution in [0.2, 0.25) is 0 Å². The Morgan fingerprint density at radius 2 is 2.78 bits per heavy atom. The van der Waals surface area contributed by atoms with Crippen molar-refractivity contribution in [3.05, 3.63) is 28.2 Å². The lowest BCUT2D eigenvalue weighted by Crippen LogP contribution is -1.85. The molecular weight excluding hydrogens is 185 g/mol. The molecule has 0 amide bonds. The molecule has 0 aliphatic heterocycles. The number of hydrogen-bond acceptors (Lipinski definition) is 1. The monoisotopic (exact) mass is 194 g/mol. The zero-order valence-electron chi connectivity index (χ0n) is 9.20. The third kappa shape index (κ3) is 1.48. The van der Waals surface area contributed by atoms with Crippen molar-refractivity contribution < 1.29 is 11.2 Å². The van der Waals surface area contributed by atoms with Gasteiger partial charge in [-0.3, -0.25) is 4.98 Å². The van der Waals surface area contributed by atoms with Crippen molar-refractivity contribution in [2.24, 2.45) is 0 Å². The van der Waals surface area contributed by atoms with E-state index in [1.807, 2.05) is 0 Å². The van der Waals surface area contributed by atoms with Gasteiger partial charge in [-0.2, -0.15) is 0 Å². The fraction of sp³-hybridized carbons (Fsp3) is 0.167. The predicted octanol–water partition coefficient (Wildman–Crippen LogP) is 2.29. The maximum Gasteiger partial charge on any atom is 0.145 e. The maximum atomic E-state index is 13.2. The molecule has 3 heteroatoms. The molecule has 1 aromatic heterocycles. The second-order valence-corrected chi connectivity index (χ2v) is 2.12. The van der Waals surface area contributed by atoms with E-state index in [4.69, 9.17) is 6.85 Å². The Hall–Kier alpha value is -0.440. The average Bonchev–Trinajstić information content (AvgIpc) is 2.06. The second-order valence-electron chi connectivity index (χ2n) is 1.33. The molecule has 9 heavy (non-hydrogen) atoms. The predicted molar refractivity (Wildman–Crippen MR) is 36.6 cm³/mol. The Labute approximate surface area is 68.1 Å². The standard InChI is InChI=1S/C6H5BrFN/c1-4-6(8)2-5(7)3-9-4/h2-3H,1H3/i1D3,2D,3D. The van der Waals surface area contributed by atoms with Crippen molar-refractivity contribution in [2.45, 2.75) is 6.85 Å². The molecule has 1 aromatic rings. The van der Waals surface area contributed by atoms with Gasteiger partial charge in [-0.25, -0.2) is 4.39 Å². The molecule has 1 heterocycles. The van der Waals surface area contributed by atoms with Gasteiger partial charge in [-0.1, -0.05) is 0 Å². The van der Waals surface area contributed by atoms with E-state index >= 15 is 0 Å². The van der Waals surface area contributed by atoms with Crippen molar-refractivity contribution in [2.75, 3.05) is 0 Å². The molecule has 0 radical (unpaired) electrons. The summed E-state index contributed by atoms with van der Waals surface area (Å²) in [6.07, 6.45) is -0.456. The number of pyridine rings is 1. The van der Waals surface area contributed by atoms with Gasteiger partial charge in [0.1, 0.15) is 5.82 Å². The molecule has 0 spiro atoms. The third-order valence-corrected chi connectivity index (χ3v) is 1.07. The van der Waals surface area contributed by atoms with E-state index in [9.17, 15) is 4.39 Å². The molecule has 1 nitrogen and oxygen atoms in total. The van der Waals surface area contributed by atoms with Crippen molar-refractivity contribution in [1.82, 2.24) is 4.98 Å². The molecule has 48 valence electrons. The van der Waals surface area contributed by atoms with E-state index in [1.165, 1.54) is 0 Å². The lowest BCUT2D eigenvalue weighted by atomic mass is 10.4. The number of rotatable bonds is 0. The highest BCUT2D eigenvalue weighted by atomic mass is 79.9. The van der Waals surface area contributed by atoms with E-state index in [-0.39, 0.29) is 4.47 Å². The first-order valence-corrected chi connectivity index (χ1v) is 2.87. The molecule has 0 bridgehead atoms. The average molecular weight is 195 g/mol. The van der Waals surface area contributed by atoms with Crippen molar-refractivity contribution in [3.63, 3.8) is 0 Å². The largest absolute Gasteiger partial charge is 0.257 e. The Morgan fingerprint density at radius 1 is 2.00 bits per heavy atom. The minimum atomic E-state index is -2.74. The summed E-state index contributed by atoms with van der Waals surface area (Å²) in [7, 11) is 0. The highest BCUT2D eigenvalue weighted by Crippen LogP contribution is 2.10. The van der Waals surface area contributed by atoms with E-state index in [2.05, 4.69) is 20.9 Å². The third-order valence-electron chi connectivity index (χ3n) is 0.693. The van der Waals surface area contributed by atoms with Crippen molar-refractivity contribution >= 4 is 15.9 Å². The number of nitrogens with zero attached hydrogens (tertiary/aromatic N) is 1.